The molecule has 1 fully saturated rings. The molecule has 0 bridgehead atoms. The number of aromatic amines is 1. The van der Waals surface area contributed by atoms with Gasteiger partial charge in [0.2, 0.25) is 5.95 Å². The quantitative estimate of drug-likeness (QED) is 0.851. The molecule has 6 heteroatoms. The molecule has 1 aliphatic heterocycles. The average Bonchev–Trinajstić information content (AvgIpc) is 2.99. The number of thiophene rings is 1. The maximum Gasteiger partial charge on any atom is 0.244 e. The van der Waals surface area contributed by atoms with Gasteiger partial charge in [0, 0.05) is 30.4 Å². The fraction of sp³-hybridized carbons (Fsp3) is 0.455. The van der Waals surface area contributed by atoms with Gasteiger partial charge < -0.3 is 10.6 Å². The van der Waals surface area contributed by atoms with E-state index in [1.54, 1.807) is 11.3 Å². The molecule has 0 spiro atoms. The highest BCUT2D eigenvalue weighted by Gasteiger charge is 2.22. The predicted octanol–water partition coefficient (Wildman–Crippen LogP) is 0.994. The molecule has 1 saturated heterocycles. The molecule has 2 aromatic heterocycles. The van der Waals surface area contributed by atoms with Crippen molar-refractivity contribution < 1.29 is 0 Å². The zero-order chi connectivity index (χ0) is 11.7. The van der Waals surface area contributed by atoms with Gasteiger partial charge in [-0.05, 0) is 17.9 Å². The van der Waals surface area contributed by atoms with Crippen molar-refractivity contribution in [2.45, 2.75) is 18.9 Å². The van der Waals surface area contributed by atoms with Crippen molar-refractivity contribution in [3.05, 3.63) is 28.2 Å². The summed E-state index contributed by atoms with van der Waals surface area (Å²) < 4.78 is 0. The zero-order valence-electron chi connectivity index (χ0n) is 9.47. The first-order valence-electron chi connectivity index (χ1n) is 5.75. The second-order valence-electron chi connectivity index (χ2n) is 4.33. The Balaban J connectivity index is 1.70. The Labute approximate surface area is 104 Å². The Bertz CT molecular complexity index is 478. The number of rotatable bonds is 3. The van der Waals surface area contributed by atoms with Gasteiger partial charge in [-0.1, -0.05) is 6.07 Å². The van der Waals surface area contributed by atoms with E-state index in [9.17, 15) is 0 Å². The van der Waals surface area contributed by atoms with Crippen molar-refractivity contribution >= 4 is 17.3 Å². The maximum atomic E-state index is 5.87. The van der Waals surface area contributed by atoms with E-state index in [0.717, 1.165) is 37.7 Å². The summed E-state index contributed by atoms with van der Waals surface area (Å²) in [4.78, 5) is 7.95. The van der Waals surface area contributed by atoms with E-state index >= 15 is 0 Å². The molecule has 0 aliphatic carbocycles. The van der Waals surface area contributed by atoms with Crippen LogP contribution in [0.25, 0.3) is 0 Å². The molecule has 1 atom stereocenters. The van der Waals surface area contributed by atoms with E-state index in [1.165, 1.54) is 4.88 Å². The maximum absolute atomic E-state index is 5.87. The van der Waals surface area contributed by atoms with Gasteiger partial charge in [0.15, 0.2) is 0 Å². The minimum absolute atomic E-state index is 0.259. The van der Waals surface area contributed by atoms with Crippen molar-refractivity contribution in [1.82, 2.24) is 15.2 Å². The largest absolute Gasteiger partial charge is 0.338 e. The minimum Gasteiger partial charge on any atom is -0.338 e. The van der Waals surface area contributed by atoms with Gasteiger partial charge in [-0.15, -0.1) is 16.4 Å². The van der Waals surface area contributed by atoms with Crippen molar-refractivity contribution in [2.24, 2.45) is 5.73 Å². The van der Waals surface area contributed by atoms with Crippen LogP contribution in [0.1, 0.15) is 17.1 Å². The van der Waals surface area contributed by atoms with E-state index in [-0.39, 0.29) is 6.04 Å². The number of nitrogens with zero attached hydrogens (tertiary/aromatic N) is 3. The highest BCUT2D eigenvalue weighted by atomic mass is 32.1. The highest BCUT2D eigenvalue weighted by molar-refractivity contribution is 7.09. The van der Waals surface area contributed by atoms with E-state index in [4.69, 9.17) is 5.73 Å². The monoisotopic (exact) mass is 249 g/mol. The van der Waals surface area contributed by atoms with Crippen LogP contribution in [0.4, 0.5) is 5.95 Å². The SMILES string of the molecule is NC1CCN(c2n[nH]c(Cc3cccs3)n2)C1. The van der Waals surface area contributed by atoms with Crippen molar-refractivity contribution in [3.8, 4) is 0 Å². The Morgan fingerprint density at radius 3 is 3.24 bits per heavy atom. The molecule has 3 heterocycles. The first-order chi connectivity index (χ1) is 8.31. The molecule has 0 saturated carbocycles. The number of hydrogen-bond acceptors (Lipinski definition) is 5. The van der Waals surface area contributed by atoms with Gasteiger partial charge in [-0.25, -0.2) is 0 Å². The molecule has 1 unspecified atom stereocenters. The van der Waals surface area contributed by atoms with Gasteiger partial charge in [-0.3, -0.25) is 5.10 Å². The zero-order valence-corrected chi connectivity index (χ0v) is 10.3. The molecule has 1 aliphatic rings. The minimum atomic E-state index is 0.259. The molecule has 2 aromatic rings. The van der Waals surface area contributed by atoms with Crippen LogP contribution in [-0.2, 0) is 6.42 Å². The third kappa shape index (κ3) is 2.32. The topological polar surface area (TPSA) is 70.8 Å². The standard InChI is InChI=1S/C11H15N5S/c12-8-3-4-16(7-8)11-13-10(14-15-11)6-9-2-1-5-17-9/h1-2,5,8H,3-4,6-7,12H2,(H,13,14,15). The van der Waals surface area contributed by atoms with Crippen LogP contribution >= 0.6 is 11.3 Å². The van der Waals surface area contributed by atoms with Crippen LogP contribution in [-0.4, -0.2) is 34.3 Å². The normalized spacial score (nSPS) is 20.1. The summed E-state index contributed by atoms with van der Waals surface area (Å²) in [5.74, 6) is 1.70. The summed E-state index contributed by atoms with van der Waals surface area (Å²) in [6.07, 6.45) is 1.85. The Morgan fingerprint density at radius 1 is 1.59 bits per heavy atom. The third-order valence-electron chi connectivity index (χ3n) is 2.95. The lowest BCUT2D eigenvalue weighted by Gasteiger charge is -2.11. The molecule has 90 valence electrons. The molecule has 0 radical (unpaired) electrons. The fourth-order valence-electron chi connectivity index (χ4n) is 2.05. The summed E-state index contributed by atoms with van der Waals surface area (Å²) in [6.45, 7) is 1.81. The molecule has 3 rings (SSSR count). The molecule has 0 aromatic carbocycles. The summed E-state index contributed by atoms with van der Waals surface area (Å²) >= 11 is 1.74. The summed E-state index contributed by atoms with van der Waals surface area (Å²) in [5.41, 5.74) is 5.87. The Kier molecular flexibility index (Phi) is 2.82. The van der Waals surface area contributed by atoms with Crippen LogP contribution in [0.2, 0.25) is 0 Å². The molecule has 0 amide bonds. The van der Waals surface area contributed by atoms with Crippen LogP contribution < -0.4 is 10.6 Å². The number of aromatic nitrogens is 3. The molecule has 5 nitrogen and oxygen atoms in total. The second-order valence-corrected chi connectivity index (χ2v) is 5.37. The number of nitrogens with one attached hydrogen (secondary N) is 1. The lowest BCUT2D eigenvalue weighted by atomic mass is 10.3. The number of hydrogen-bond donors (Lipinski definition) is 2. The number of anilines is 1. The summed E-state index contributed by atoms with van der Waals surface area (Å²) in [5, 5.41) is 9.33. The van der Waals surface area contributed by atoms with Crippen LogP contribution in [0.3, 0.4) is 0 Å². The fourth-order valence-corrected chi connectivity index (χ4v) is 2.76. The van der Waals surface area contributed by atoms with Crippen molar-refractivity contribution in [1.29, 1.82) is 0 Å². The predicted molar refractivity (Wildman–Crippen MR) is 68.3 cm³/mol. The first kappa shape index (κ1) is 10.7. The van der Waals surface area contributed by atoms with Crippen molar-refractivity contribution in [2.75, 3.05) is 18.0 Å². The molecule has 3 N–H and O–H groups in total. The average molecular weight is 249 g/mol. The summed E-state index contributed by atoms with van der Waals surface area (Å²) in [6, 6.07) is 4.42. The van der Waals surface area contributed by atoms with E-state index < -0.39 is 0 Å². The van der Waals surface area contributed by atoms with Crippen LogP contribution in [0.15, 0.2) is 17.5 Å². The van der Waals surface area contributed by atoms with Gasteiger partial charge >= 0.3 is 0 Å². The third-order valence-corrected chi connectivity index (χ3v) is 3.83. The first-order valence-corrected chi connectivity index (χ1v) is 6.63. The van der Waals surface area contributed by atoms with Crippen LogP contribution in [0.5, 0.6) is 0 Å². The Morgan fingerprint density at radius 2 is 2.53 bits per heavy atom. The van der Waals surface area contributed by atoms with E-state index in [1.807, 2.05) is 0 Å². The van der Waals surface area contributed by atoms with E-state index in [2.05, 4.69) is 37.6 Å². The molecule has 17 heavy (non-hydrogen) atoms. The highest BCUT2D eigenvalue weighted by Crippen LogP contribution is 2.17. The molecular weight excluding hydrogens is 234 g/mol. The number of nitrogens with two attached hydrogens (primary N) is 1. The summed E-state index contributed by atoms with van der Waals surface area (Å²) in [7, 11) is 0. The van der Waals surface area contributed by atoms with Gasteiger partial charge in [0.25, 0.3) is 0 Å². The van der Waals surface area contributed by atoms with Gasteiger partial charge in [0.1, 0.15) is 5.82 Å². The van der Waals surface area contributed by atoms with Gasteiger partial charge in [-0.2, -0.15) is 4.98 Å². The smallest absolute Gasteiger partial charge is 0.244 e. The lowest BCUT2D eigenvalue weighted by molar-refractivity contribution is 0.750. The Hall–Kier alpha value is -1.40. The van der Waals surface area contributed by atoms with Crippen LogP contribution in [0, 0.1) is 0 Å². The lowest BCUT2D eigenvalue weighted by Crippen LogP contribution is -2.26. The van der Waals surface area contributed by atoms with E-state index in [0.29, 0.717) is 0 Å². The second kappa shape index (κ2) is 4.46. The van der Waals surface area contributed by atoms with Crippen molar-refractivity contribution in [3.63, 3.8) is 0 Å². The molecular formula is C11H15N5S. The number of H-pyrrole nitrogens is 1. The van der Waals surface area contributed by atoms with Gasteiger partial charge in [0.05, 0.1) is 0 Å².